The highest BCUT2D eigenvalue weighted by Gasteiger charge is 2.27. The second kappa shape index (κ2) is 6.40. The zero-order chi connectivity index (χ0) is 14.0. The van der Waals surface area contributed by atoms with E-state index in [2.05, 4.69) is 53.2 Å². The molecule has 1 aromatic heterocycles. The van der Waals surface area contributed by atoms with Gasteiger partial charge in [-0.05, 0) is 61.9 Å². The summed E-state index contributed by atoms with van der Waals surface area (Å²) >= 11 is 3.75. The predicted octanol–water partition coefficient (Wildman–Crippen LogP) is 3.85. The quantitative estimate of drug-likeness (QED) is 0.758. The molecule has 0 spiro atoms. The lowest BCUT2D eigenvalue weighted by Gasteiger charge is -2.26. The number of hydrogen-bond donors (Lipinski definition) is 0. The molecule has 2 rings (SSSR count). The van der Waals surface area contributed by atoms with Crippen LogP contribution in [0.2, 0.25) is 0 Å². The second-order valence-corrected chi connectivity index (χ2v) is 6.64. The van der Waals surface area contributed by atoms with Crippen molar-refractivity contribution in [1.29, 1.82) is 0 Å². The van der Waals surface area contributed by atoms with Crippen LogP contribution in [0.4, 0.5) is 0 Å². The Morgan fingerprint density at radius 1 is 1.37 bits per heavy atom. The molecule has 0 unspecified atom stereocenters. The molecule has 19 heavy (non-hydrogen) atoms. The largest absolute Gasteiger partial charge is 0.295 e. The Bertz CT molecular complexity index is 421. The van der Waals surface area contributed by atoms with E-state index < -0.39 is 0 Å². The van der Waals surface area contributed by atoms with Crippen molar-refractivity contribution in [1.82, 2.24) is 14.7 Å². The summed E-state index contributed by atoms with van der Waals surface area (Å²) in [4.78, 5) is 2.59. The van der Waals surface area contributed by atoms with Gasteiger partial charge in [-0.25, -0.2) is 0 Å². The smallest absolute Gasteiger partial charge is 0.0767 e. The minimum Gasteiger partial charge on any atom is -0.295 e. The van der Waals surface area contributed by atoms with Crippen molar-refractivity contribution in [3.8, 4) is 0 Å². The van der Waals surface area contributed by atoms with Gasteiger partial charge in [0.25, 0.3) is 0 Å². The molecule has 1 aliphatic rings. The van der Waals surface area contributed by atoms with Crippen LogP contribution in [0.25, 0.3) is 0 Å². The van der Waals surface area contributed by atoms with Crippen LogP contribution in [0.15, 0.2) is 4.47 Å². The number of rotatable bonds is 7. The summed E-state index contributed by atoms with van der Waals surface area (Å²) in [6.45, 7) is 12.1. The highest BCUT2D eigenvalue weighted by molar-refractivity contribution is 9.10. The Hall–Kier alpha value is -0.350. The van der Waals surface area contributed by atoms with Crippen molar-refractivity contribution in [2.45, 2.75) is 66.1 Å². The van der Waals surface area contributed by atoms with Gasteiger partial charge in [-0.3, -0.25) is 9.58 Å². The van der Waals surface area contributed by atoms with E-state index >= 15 is 0 Å². The Balaban J connectivity index is 2.16. The van der Waals surface area contributed by atoms with Gasteiger partial charge in [0.15, 0.2) is 0 Å². The number of aryl methyl sites for hydroxylation is 2. The Labute approximate surface area is 125 Å². The third kappa shape index (κ3) is 3.60. The minimum atomic E-state index is 0.595. The number of aromatic nitrogens is 2. The normalized spacial score (nSPS) is 15.7. The van der Waals surface area contributed by atoms with Crippen molar-refractivity contribution in [2.75, 3.05) is 6.54 Å². The molecular formula is C15H26BrN3. The maximum absolute atomic E-state index is 4.70. The van der Waals surface area contributed by atoms with E-state index in [1.165, 1.54) is 35.2 Å². The summed E-state index contributed by atoms with van der Waals surface area (Å²) in [5.74, 6) is 0.935. The van der Waals surface area contributed by atoms with E-state index in [0.717, 1.165) is 25.4 Å². The monoisotopic (exact) mass is 327 g/mol. The van der Waals surface area contributed by atoms with Crippen molar-refractivity contribution in [2.24, 2.45) is 5.92 Å². The number of hydrogen-bond acceptors (Lipinski definition) is 2. The standard InChI is InChI=1S/C15H26BrN3/c1-5-13-15(16)14(19(6-2)17-13)10-18(11(3)4)9-12-7-8-12/h11-12H,5-10H2,1-4H3. The molecule has 0 radical (unpaired) electrons. The van der Waals surface area contributed by atoms with Crippen molar-refractivity contribution in [3.63, 3.8) is 0 Å². The van der Waals surface area contributed by atoms with Gasteiger partial charge in [0.1, 0.15) is 0 Å². The van der Waals surface area contributed by atoms with E-state index in [4.69, 9.17) is 5.10 Å². The molecule has 0 bridgehead atoms. The third-order valence-electron chi connectivity index (χ3n) is 3.97. The summed E-state index contributed by atoms with van der Waals surface area (Å²) in [5.41, 5.74) is 2.53. The highest BCUT2D eigenvalue weighted by atomic mass is 79.9. The van der Waals surface area contributed by atoms with E-state index in [1.54, 1.807) is 0 Å². The molecule has 0 aromatic carbocycles. The van der Waals surface area contributed by atoms with Crippen molar-refractivity contribution in [3.05, 3.63) is 15.9 Å². The molecule has 1 aliphatic carbocycles. The Morgan fingerprint density at radius 2 is 2.05 bits per heavy atom. The summed E-state index contributed by atoms with van der Waals surface area (Å²) in [6.07, 6.45) is 3.82. The van der Waals surface area contributed by atoms with E-state index in [0.29, 0.717) is 6.04 Å². The van der Waals surface area contributed by atoms with Gasteiger partial charge in [-0.2, -0.15) is 5.10 Å². The van der Waals surface area contributed by atoms with Gasteiger partial charge < -0.3 is 0 Å². The number of halogens is 1. The molecule has 1 saturated carbocycles. The molecule has 1 fully saturated rings. The lowest BCUT2D eigenvalue weighted by Crippen LogP contribution is -2.33. The molecule has 1 heterocycles. The topological polar surface area (TPSA) is 21.1 Å². The van der Waals surface area contributed by atoms with Gasteiger partial charge in [-0.15, -0.1) is 0 Å². The maximum atomic E-state index is 4.70. The summed E-state index contributed by atoms with van der Waals surface area (Å²) in [7, 11) is 0. The SMILES string of the molecule is CCc1nn(CC)c(CN(CC2CC2)C(C)C)c1Br. The second-order valence-electron chi connectivity index (χ2n) is 5.84. The molecule has 0 N–H and O–H groups in total. The molecule has 0 saturated heterocycles. The lowest BCUT2D eigenvalue weighted by molar-refractivity contribution is 0.197. The van der Waals surface area contributed by atoms with Crippen molar-refractivity contribution >= 4 is 15.9 Å². The van der Waals surface area contributed by atoms with Crippen molar-refractivity contribution < 1.29 is 0 Å². The summed E-state index contributed by atoms with van der Waals surface area (Å²) in [5, 5.41) is 4.70. The van der Waals surface area contributed by atoms with E-state index in [-0.39, 0.29) is 0 Å². The first kappa shape index (κ1) is 15.0. The maximum Gasteiger partial charge on any atom is 0.0767 e. The summed E-state index contributed by atoms with van der Waals surface area (Å²) < 4.78 is 3.38. The van der Waals surface area contributed by atoms with Crippen LogP contribution < -0.4 is 0 Å². The Kier molecular flexibility index (Phi) is 5.07. The number of nitrogens with zero attached hydrogens (tertiary/aromatic N) is 3. The van der Waals surface area contributed by atoms with Gasteiger partial charge in [0, 0.05) is 25.7 Å². The van der Waals surface area contributed by atoms with Gasteiger partial charge in [0.2, 0.25) is 0 Å². The summed E-state index contributed by atoms with van der Waals surface area (Å²) in [6, 6.07) is 0.595. The van der Waals surface area contributed by atoms with Crippen LogP contribution in [0, 0.1) is 5.92 Å². The van der Waals surface area contributed by atoms with Crippen LogP contribution in [0.1, 0.15) is 51.9 Å². The third-order valence-corrected chi connectivity index (χ3v) is 4.88. The molecule has 1 aromatic rings. The average molecular weight is 328 g/mol. The van der Waals surface area contributed by atoms with Crippen LogP contribution >= 0.6 is 15.9 Å². The zero-order valence-electron chi connectivity index (χ0n) is 12.6. The molecule has 3 nitrogen and oxygen atoms in total. The molecule has 4 heteroatoms. The van der Waals surface area contributed by atoms with Gasteiger partial charge >= 0.3 is 0 Å². The van der Waals surface area contributed by atoms with Crippen LogP contribution in [0.5, 0.6) is 0 Å². The zero-order valence-corrected chi connectivity index (χ0v) is 14.2. The first-order valence-electron chi connectivity index (χ1n) is 7.54. The Morgan fingerprint density at radius 3 is 2.53 bits per heavy atom. The first-order valence-corrected chi connectivity index (χ1v) is 8.34. The molecule has 0 atom stereocenters. The van der Waals surface area contributed by atoms with Gasteiger partial charge in [0.05, 0.1) is 15.9 Å². The fourth-order valence-corrected chi connectivity index (χ4v) is 3.14. The predicted molar refractivity (Wildman–Crippen MR) is 83.2 cm³/mol. The van der Waals surface area contributed by atoms with Crippen LogP contribution in [-0.2, 0) is 19.5 Å². The molecule has 0 amide bonds. The van der Waals surface area contributed by atoms with Crippen LogP contribution in [0.3, 0.4) is 0 Å². The fraction of sp³-hybridized carbons (Fsp3) is 0.800. The molecule has 0 aliphatic heterocycles. The minimum absolute atomic E-state index is 0.595. The van der Waals surface area contributed by atoms with E-state index in [1.807, 2.05) is 0 Å². The molecular weight excluding hydrogens is 302 g/mol. The van der Waals surface area contributed by atoms with Crippen LogP contribution in [-0.4, -0.2) is 27.3 Å². The fourth-order valence-electron chi connectivity index (χ4n) is 2.45. The first-order chi connectivity index (χ1) is 9.06. The molecule has 108 valence electrons. The van der Waals surface area contributed by atoms with E-state index in [9.17, 15) is 0 Å². The lowest BCUT2D eigenvalue weighted by atomic mass is 10.2. The average Bonchev–Trinajstić information content (AvgIpc) is 3.14. The van der Waals surface area contributed by atoms with Gasteiger partial charge in [-0.1, -0.05) is 6.92 Å². The highest BCUT2D eigenvalue weighted by Crippen LogP contribution is 2.32.